The number of hydrogen-bond acceptors (Lipinski definition) is 8. The summed E-state index contributed by atoms with van der Waals surface area (Å²) in [6.45, 7) is 6.04. The number of carbonyl (C=O) groups excluding carboxylic acids is 4. The van der Waals surface area contributed by atoms with Crippen LogP contribution >= 0.6 is 0 Å². The van der Waals surface area contributed by atoms with Gasteiger partial charge in [-0.1, -0.05) is 236 Å². The summed E-state index contributed by atoms with van der Waals surface area (Å²) < 4.78 is 22.9. The maximum Gasteiger partial charge on any atom is 0.306 e. The quantitative estimate of drug-likeness (QED) is 0.0396. The van der Waals surface area contributed by atoms with Gasteiger partial charge in [0.05, 0.1) is 38.7 Å². The smallest absolute Gasteiger partial charge is 0.306 e. The molecule has 0 spiro atoms. The molecule has 1 heterocycles. The standard InChI is InChI=1S/C62H98N2O8/c1-3-5-7-9-11-13-15-17-19-21-23-25-27-29-31-41-61(67)71-53-57(72-62(68)42-32-30-28-26-24-22-20-18-16-14-12-10-8-6-4-2)52-70-50-49-69-48-47-63-59(65)45-46-60(66)64-51-56-39-34-33-37-54(56)43-44-55-38-35-36-40-58(55)64/h33-40,57H,3-32,41-42,45-53H2,1-2H3,(H,63,65). The van der Waals surface area contributed by atoms with Crippen molar-refractivity contribution < 1.29 is 38.1 Å². The Balaban J connectivity index is 1.28. The van der Waals surface area contributed by atoms with Gasteiger partial charge < -0.3 is 29.2 Å². The average molecular weight is 999 g/mol. The number of ether oxygens (including phenoxy) is 4. The molecule has 0 saturated heterocycles. The second-order valence-electron chi connectivity index (χ2n) is 20.1. The van der Waals surface area contributed by atoms with Crippen molar-refractivity contribution >= 4 is 29.4 Å². The van der Waals surface area contributed by atoms with Gasteiger partial charge in [0.25, 0.3) is 0 Å². The van der Waals surface area contributed by atoms with Gasteiger partial charge in [0.2, 0.25) is 11.8 Å². The third kappa shape index (κ3) is 31.4. The van der Waals surface area contributed by atoms with E-state index in [1.807, 2.05) is 48.5 Å². The molecule has 1 atom stereocenters. The number of hydrogen-bond donors (Lipinski definition) is 1. The average Bonchev–Trinajstić information content (AvgIpc) is 3.38. The van der Waals surface area contributed by atoms with Crippen LogP contribution in [0.5, 0.6) is 0 Å². The highest BCUT2D eigenvalue weighted by Crippen LogP contribution is 2.26. The van der Waals surface area contributed by atoms with E-state index in [1.54, 1.807) is 4.90 Å². The fraction of sp³-hybridized carbons (Fsp3) is 0.710. The zero-order valence-electron chi connectivity index (χ0n) is 45.4. The largest absolute Gasteiger partial charge is 0.462 e. The number of esters is 2. The number of anilines is 1. The lowest BCUT2D eigenvalue weighted by molar-refractivity contribution is -0.163. The predicted molar refractivity (Wildman–Crippen MR) is 294 cm³/mol. The van der Waals surface area contributed by atoms with E-state index in [-0.39, 0.29) is 76.2 Å². The van der Waals surface area contributed by atoms with E-state index in [2.05, 4.69) is 31.0 Å². The first-order valence-electron chi connectivity index (χ1n) is 29.2. The van der Waals surface area contributed by atoms with Crippen LogP contribution in [0, 0.1) is 11.8 Å². The first-order chi connectivity index (χ1) is 35.4. The summed E-state index contributed by atoms with van der Waals surface area (Å²) in [5, 5.41) is 2.84. The molecule has 1 N–H and O–H groups in total. The fourth-order valence-electron chi connectivity index (χ4n) is 9.25. The molecule has 1 unspecified atom stereocenters. The zero-order chi connectivity index (χ0) is 51.4. The lowest BCUT2D eigenvalue weighted by Gasteiger charge is -2.26. The molecule has 0 bridgehead atoms. The lowest BCUT2D eigenvalue weighted by Crippen LogP contribution is -2.34. The van der Waals surface area contributed by atoms with Crippen molar-refractivity contribution in [1.29, 1.82) is 0 Å². The van der Waals surface area contributed by atoms with Gasteiger partial charge in [-0.2, -0.15) is 0 Å². The van der Waals surface area contributed by atoms with Crippen LogP contribution in [0.4, 0.5) is 5.69 Å². The van der Waals surface area contributed by atoms with Gasteiger partial charge in [-0.15, -0.1) is 0 Å². The molecule has 0 aromatic heterocycles. The molecule has 3 rings (SSSR count). The van der Waals surface area contributed by atoms with Crippen LogP contribution in [0.25, 0.3) is 0 Å². The van der Waals surface area contributed by atoms with Crippen LogP contribution in [-0.4, -0.2) is 69.4 Å². The highest BCUT2D eigenvalue weighted by atomic mass is 16.6. The fourth-order valence-corrected chi connectivity index (χ4v) is 9.25. The summed E-state index contributed by atoms with van der Waals surface area (Å²) in [5.74, 6) is 5.49. The van der Waals surface area contributed by atoms with E-state index in [1.165, 1.54) is 154 Å². The summed E-state index contributed by atoms with van der Waals surface area (Å²) in [5.41, 5.74) is 3.37. The van der Waals surface area contributed by atoms with Crippen LogP contribution in [-0.2, 0) is 44.7 Å². The minimum Gasteiger partial charge on any atom is -0.462 e. The predicted octanol–water partition coefficient (Wildman–Crippen LogP) is 14.8. The first kappa shape index (κ1) is 62.1. The molecule has 10 nitrogen and oxygen atoms in total. The van der Waals surface area contributed by atoms with Crippen molar-refractivity contribution in [2.75, 3.05) is 44.5 Å². The molecule has 2 aromatic carbocycles. The van der Waals surface area contributed by atoms with Crippen LogP contribution in [0.2, 0.25) is 0 Å². The number of benzene rings is 2. The molecule has 72 heavy (non-hydrogen) atoms. The minimum absolute atomic E-state index is 0.0385. The Bertz CT molecular complexity index is 1790. The highest BCUT2D eigenvalue weighted by molar-refractivity contribution is 5.96. The maximum atomic E-state index is 13.5. The summed E-state index contributed by atoms with van der Waals surface area (Å²) >= 11 is 0. The van der Waals surface area contributed by atoms with Gasteiger partial charge in [0, 0.05) is 43.4 Å². The SMILES string of the molecule is CCCCCCCCCCCCCCCCCC(=O)OCC(COCCOCCNC(=O)CCC(=O)N1Cc2ccccc2C#Cc2ccccc21)OC(=O)CCCCCCCCCCCCCCCCC. The maximum absolute atomic E-state index is 13.5. The normalized spacial score (nSPS) is 12.2. The second kappa shape index (κ2) is 43.2. The third-order valence-corrected chi connectivity index (χ3v) is 13.7. The van der Waals surface area contributed by atoms with Crippen molar-refractivity contribution in [3.8, 4) is 11.8 Å². The van der Waals surface area contributed by atoms with Crippen LogP contribution in [0.1, 0.15) is 249 Å². The van der Waals surface area contributed by atoms with E-state index < -0.39 is 6.10 Å². The summed E-state index contributed by atoms with van der Waals surface area (Å²) in [6, 6.07) is 15.4. The number of nitrogens with zero attached hydrogens (tertiary/aromatic N) is 1. The lowest BCUT2D eigenvalue weighted by atomic mass is 10.0. The number of unbranched alkanes of at least 4 members (excludes halogenated alkanes) is 28. The van der Waals surface area contributed by atoms with Gasteiger partial charge in [0.15, 0.2) is 6.10 Å². The van der Waals surface area contributed by atoms with Crippen LogP contribution in [0.15, 0.2) is 48.5 Å². The van der Waals surface area contributed by atoms with E-state index in [0.29, 0.717) is 19.4 Å². The zero-order valence-corrected chi connectivity index (χ0v) is 45.4. The number of amides is 2. The van der Waals surface area contributed by atoms with Gasteiger partial charge in [-0.25, -0.2) is 0 Å². The van der Waals surface area contributed by atoms with Crippen molar-refractivity contribution in [2.45, 2.75) is 245 Å². The molecule has 10 heteroatoms. The molecule has 1 aliphatic heterocycles. The van der Waals surface area contributed by atoms with E-state index in [9.17, 15) is 19.2 Å². The molecular formula is C62H98N2O8. The highest BCUT2D eigenvalue weighted by Gasteiger charge is 2.22. The number of nitrogens with one attached hydrogen (secondary N) is 1. The monoisotopic (exact) mass is 999 g/mol. The number of rotatable bonds is 46. The van der Waals surface area contributed by atoms with Crippen molar-refractivity contribution in [1.82, 2.24) is 5.32 Å². The summed E-state index contributed by atoms with van der Waals surface area (Å²) in [7, 11) is 0. The molecule has 0 saturated carbocycles. The molecule has 404 valence electrons. The Labute approximate surface area is 437 Å². The summed E-state index contributed by atoms with van der Waals surface area (Å²) in [4.78, 5) is 53.5. The number of para-hydroxylation sites is 1. The van der Waals surface area contributed by atoms with E-state index in [0.717, 1.165) is 60.9 Å². The van der Waals surface area contributed by atoms with Gasteiger partial charge in [-0.3, -0.25) is 19.2 Å². The molecule has 0 fully saturated rings. The molecule has 0 aliphatic carbocycles. The van der Waals surface area contributed by atoms with Gasteiger partial charge in [0.1, 0.15) is 6.61 Å². The number of fused-ring (bicyclic) bond motifs is 2. The van der Waals surface area contributed by atoms with E-state index >= 15 is 0 Å². The Morgan fingerprint density at radius 3 is 1.51 bits per heavy atom. The first-order valence-corrected chi connectivity index (χ1v) is 29.2. The van der Waals surface area contributed by atoms with Gasteiger partial charge in [-0.05, 0) is 36.6 Å². The minimum atomic E-state index is -0.698. The Hall–Kier alpha value is -4.20. The van der Waals surface area contributed by atoms with E-state index in [4.69, 9.17) is 18.9 Å². The van der Waals surface area contributed by atoms with Gasteiger partial charge >= 0.3 is 11.9 Å². The summed E-state index contributed by atoms with van der Waals surface area (Å²) in [6.07, 6.45) is 38.1. The molecular weight excluding hydrogens is 901 g/mol. The Morgan fingerprint density at radius 1 is 0.500 bits per heavy atom. The third-order valence-electron chi connectivity index (χ3n) is 13.7. The molecule has 2 aromatic rings. The van der Waals surface area contributed by atoms with Crippen molar-refractivity contribution in [3.05, 3.63) is 65.2 Å². The topological polar surface area (TPSA) is 120 Å². The second-order valence-corrected chi connectivity index (χ2v) is 20.1. The van der Waals surface area contributed by atoms with Crippen molar-refractivity contribution in [2.24, 2.45) is 0 Å². The van der Waals surface area contributed by atoms with Crippen molar-refractivity contribution in [3.63, 3.8) is 0 Å². The Morgan fingerprint density at radius 2 is 0.958 bits per heavy atom. The Kier molecular flexibility index (Phi) is 37.3. The van der Waals surface area contributed by atoms with Crippen LogP contribution < -0.4 is 10.2 Å². The molecule has 1 aliphatic rings. The van der Waals surface area contributed by atoms with Crippen LogP contribution in [0.3, 0.4) is 0 Å². The molecule has 0 radical (unpaired) electrons. The number of carbonyl (C=O) groups is 4. The molecule has 2 amide bonds.